The van der Waals surface area contributed by atoms with Crippen LogP contribution in [0.2, 0.25) is 0 Å². The third-order valence-electron chi connectivity index (χ3n) is 4.16. The summed E-state index contributed by atoms with van der Waals surface area (Å²) in [7, 11) is -3.87. The average Bonchev–Trinajstić information content (AvgIpc) is 2.89. The number of hydrogen-bond donors (Lipinski definition) is 2. The van der Waals surface area contributed by atoms with Gasteiger partial charge >= 0.3 is 0 Å². The smallest absolute Gasteiger partial charge is 0.288 e. The summed E-state index contributed by atoms with van der Waals surface area (Å²) >= 11 is 0. The van der Waals surface area contributed by atoms with E-state index in [4.69, 9.17) is 5.73 Å². The number of aromatic nitrogens is 3. The van der Waals surface area contributed by atoms with E-state index in [-0.39, 0.29) is 32.6 Å². The number of nitrogen functional groups attached to an aromatic ring is 1. The van der Waals surface area contributed by atoms with E-state index >= 15 is 0 Å². The number of rotatable bonds is 4. The summed E-state index contributed by atoms with van der Waals surface area (Å²) in [5.74, 6) is 0.0571. The van der Waals surface area contributed by atoms with Gasteiger partial charge in [0.1, 0.15) is 16.2 Å². The van der Waals surface area contributed by atoms with Gasteiger partial charge in [-0.05, 0) is 25.5 Å². The summed E-state index contributed by atoms with van der Waals surface area (Å²) in [6, 6.07) is 7.89. The van der Waals surface area contributed by atoms with E-state index in [1.165, 1.54) is 18.3 Å². The Morgan fingerprint density at radius 3 is 2.58 bits per heavy atom. The Kier molecular flexibility index (Phi) is 3.92. The lowest BCUT2D eigenvalue weighted by molar-refractivity contribution is 0.550. The highest BCUT2D eigenvalue weighted by atomic mass is 32.2. The summed E-state index contributed by atoms with van der Waals surface area (Å²) < 4.78 is 27.7. The topological polar surface area (TPSA) is 111 Å². The van der Waals surface area contributed by atoms with Crippen LogP contribution in [0.5, 0.6) is 0 Å². The molecule has 0 bridgehead atoms. The van der Waals surface area contributed by atoms with Gasteiger partial charge in [-0.2, -0.15) is 5.10 Å². The van der Waals surface area contributed by atoms with E-state index in [0.717, 1.165) is 0 Å². The molecule has 7 nitrogen and oxygen atoms in total. The summed E-state index contributed by atoms with van der Waals surface area (Å²) in [4.78, 5) is 12.3. The molecule has 126 valence electrons. The fourth-order valence-electron chi connectivity index (χ4n) is 2.81. The van der Waals surface area contributed by atoms with Crippen LogP contribution in [-0.2, 0) is 9.84 Å². The van der Waals surface area contributed by atoms with Crippen LogP contribution in [0.15, 0.2) is 51.1 Å². The molecule has 1 atom stereocenters. The standard InChI is InChI=1S/C16H18N4O3S/c1-3-10(2)20-13-12(9-18-19-16(13)21)14(15(20)17)24(22,23)11-7-5-4-6-8-11/h4-10H,3,17H2,1-2H3,(H,19,21). The maximum Gasteiger partial charge on any atom is 0.288 e. The number of H-pyrrole nitrogens is 1. The van der Waals surface area contributed by atoms with Gasteiger partial charge in [0.05, 0.1) is 11.1 Å². The second kappa shape index (κ2) is 5.79. The van der Waals surface area contributed by atoms with Crippen LogP contribution in [0.1, 0.15) is 26.3 Å². The van der Waals surface area contributed by atoms with E-state index in [2.05, 4.69) is 10.2 Å². The third kappa shape index (κ3) is 2.30. The number of benzene rings is 1. The molecule has 3 aromatic rings. The molecule has 0 aliphatic heterocycles. The molecule has 24 heavy (non-hydrogen) atoms. The van der Waals surface area contributed by atoms with Gasteiger partial charge in [0.25, 0.3) is 5.56 Å². The van der Waals surface area contributed by atoms with Gasteiger partial charge in [-0.1, -0.05) is 25.1 Å². The van der Waals surface area contributed by atoms with E-state index in [1.807, 2.05) is 13.8 Å². The lowest BCUT2D eigenvalue weighted by atomic mass is 10.2. The monoisotopic (exact) mass is 346 g/mol. The Bertz CT molecular complexity index is 1050. The van der Waals surface area contributed by atoms with Gasteiger partial charge < -0.3 is 10.3 Å². The van der Waals surface area contributed by atoms with Crippen molar-refractivity contribution in [3.63, 3.8) is 0 Å². The predicted molar refractivity (Wildman–Crippen MR) is 91.7 cm³/mol. The van der Waals surface area contributed by atoms with Gasteiger partial charge in [-0.15, -0.1) is 0 Å². The largest absolute Gasteiger partial charge is 0.384 e. The molecule has 1 aromatic carbocycles. The molecule has 0 radical (unpaired) electrons. The minimum absolute atomic E-state index is 0.0571. The van der Waals surface area contributed by atoms with Crippen molar-refractivity contribution in [2.75, 3.05) is 5.73 Å². The molecule has 0 aliphatic rings. The van der Waals surface area contributed by atoms with Gasteiger partial charge in [-0.3, -0.25) is 4.79 Å². The molecule has 8 heteroatoms. The molecule has 2 aromatic heterocycles. The summed E-state index contributed by atoms with van der Waals surface area (Å²) in [6.45, 7) is 3.82. The Morgan fingerprint density at radius 1 is 1.29 bits per heavy atom. The number of nitrogens with two attached hydrogens (primary N) is 1. The zero-order valence-electron chi connectivity index (χ0n) is 13.4. The molecule has 0 aliphatic carbocycles. The van der Waals surface area contributed by atoms with Crippen molar-refractivity contribution in [1.29, 1.82) is 0 Å². The van der Waals surface area contributed by atoms with Crippen molar-refractivity contribution in [1.82, 2.24) is 14.8 Å². The second-order valence-corrected chi connectivity index (χ2v) is 7.51. The molecule has 2 heterocycles. The van der Waals surface area contributed by atoms with Crippen molar-refractivity contribution in [2.24, 2.45) is 0 Å². The Morgan fingerprint density at radius 2 is 1.96 bits per heavy atom. The SMILES string of the molecule is CCC(C)n1c(N)c(S(=O)(=O)c2ccccc2)c2cn[nH]c(=O)c21. The van der Waals surface area contributed by atoms with Crippen molar-refractivity contribution in [3.05, 3.63) is 46.9 Å². The number of nitrogens with zero attached hydrogens (tertiary/aromatic N) is 2. The summed E-state index contributed by atoms with van der Waals surface area (Å²) in [5.41, 5.74) is 5.95. The van der Waals surface area contributed by atoms with Gasteiger partial charge in [0, 0.05) is 11.4 Å². The quantitative estimate of drug-likeness (QED) is 0.751. The number of anilines is 1. The van der Waals surface area contributed by atoms with Gasteiger partial charge in [-0.25, -0.2) is 13.5 Å². The number of hydrogen-bond acceptors (Lipinski definition) is 5. The fraction of sp³-hybridized carbons (Fsp3) is 0.250. The third-order valence-corrected chi connectivity index (χ3v) is 6.02. The Labute approximate surface area is 139 Å². The maximum absolute atomic E-state index is 13.1. The van der Waals surface area contributed by atoms with Crippen molar-refractivity contribution in [2.45, 2.75) is 36.1 Å². The molecule has 0 amide bonds. The highest BCUT2D eigenvalue weighted by Gasteiger charge is 2.30. The number of aromatic amines is 1. The number of nitrogens with one attached hydrogen (secondary N) is 1. The van der Waals surface area contributed by atoms with Crippen LogP contribution in [0.25, 0.3) is 10.9 Å². The van der Waals surface area contributed by atoms with E-state index in [9.17, 15) is 13.2 Å². The van der Waals surface area contributed by atoms with Crippen LogP contribution in [0.4, 0.5) is 5.82 Å². The van der Waals surface area contributed by atoms with Crippen molar-refractivity contribution < 1.29 is 8.42 Å². The maximum atomic E-state index is 13.1. The predicted octanol–water partition coefficient (Wildman–Crippen LogP) is 2.11. The Hall–Kier alpha value is -2.61. The van der Waals surface area contributed by atoms with Crippen LogP contribution >= 0.6 is 0 Å². The van der Waals surface area contributed by atoms with E-state index in [1.54, 1.807) is 22.8 Å². The number of fused-ring (bicyclic) bond motifs is 1. The number of sulfone groups is 1. The van der Waals surface area contributed by atoms with Crippen molar-refractivity contribution >= 4 is 26.6 Å². The minimum atomic E-state index is -3.87. The van der Waals surface area contributed by atoms with Gasteiger partial charge in [0.15, 0.2) is 0 Å². The molecule has 1 unspecified atom stereocenters. The lowest BCUT2D eigenvalue weighted by Crippen LogP contribution is -2.15. The highest BCUT2D eigenvalue weighted by Crippen LogP contribution is 2.36. The molecule has 0 fully saturated rings. The van der Waals surface area contributed by atoms with Crippen LogP contribution in [0.3, 0.4) is 0 Å². The molecule has 0 saturated heterocycles. The zero-order valence-corrected chi connectivity index (χ0v) is 14.2. The lowest BCUT2D eigenvalue weighted by Gasteiger charge is -2.14. The van der Waals surface area contributed by atoms with Crippen molar-refractivity contribution in [3.8, 4) is 0 Å². The zero-order chi connectivity index (χ0) is 17.5. The first-order valence-corrected chi connectivity index (χ1v) is 9.05. The van der Waals surface area contributed by atoms with Gasteiger partial charge in [0.2, 0.25) is 9.84 Å². The molecular formula is C16H18N4O3S. The first kappa shape index (κ1) is 16.3. The summed E-state index contributed by atoms with van der Waals surface area (Å²) in [5, 5.41) is 6.33. The normalized spacial score (nSPS) is 13.2. The second-order valence-electron chi connectivity index (χ2n) is 5.62. The van der Waals surface area contributed by atoms with Crippen LogP contribution in [-0.4, -0.2) is 23.2 Å². The highest BCUT2D eigenvalue weighted by molar-refractivity contribution is 7.92. The minimum Gasteiger partial charge on any atom is -0.384 e. The summed E-state index contributed by atoms with van der Waals surface area (Å²) in [6.07, 6.45) is 2.03. The first-order chi connectivity index (χ1) is 11.4. The van der Waals surface area contributed by atoms with E-state index < -0.39 is 15.4 Å². The molecule has 0 spiro atoms. The molecule has 3 N–H and O–H groups in total. The van der Waals surface area contributed by atoms with Crippen LogP contribution < -0.4 is 11.3 Å². The molecule has 3 rings (SSSR count). The fourth-order valence-corrected chi connectivity index (χ4v) is 4.37. The Balaban J connectivity index is 2.45. The molecule has 0 saturated carbocycles. The first-order valence-electron chi connectivity index (χ1n) is 7.56. The van der Waals surface area contributed by atoms with E-state index in [0.29, 0.717) is 6.42 Å². The molecular weight excluding hydrogens is 328 g/mol. The average molecular weight is 346 g/mol. The van der Waals surface area contributed by atoms with Crippen LogP contribution in [0, 0.1) is 0 Å².